The molecule has 5 heteroatoms. The highest BCUT2D eigenvalue weighted by Gasteiger charge is 2.17. The molecule has 0 saturated carbocycles. The zero-order valence-electron chi connectivity index (χ0n) is 17.1. The Morgan fingerprint density at radius 1 is 0.963 bits per heavy atom. The molecule has 0 saturated heterocycles. The van der Waals surface area contributed by atoms with Gasteiger partial charge in [-0.15, -0.1) is 10.3 Å². The maximum atomic E-state index is 5.66. The van der Waals surface area contributed by atoms with Crippen LogP contribution in [0.4, 0.5) is 5.69 Å². The lowest BCUT2D eigenvalue weighted by Crippen LogP contribution is -2.10. The monoisotopic (exact) mass is 362 g/mol. The lowest BCUT2D eigenvalue weighted by molar-refractivity contribution is -0.0695. The first-order valence-corrected chi connectivity index (χ1v) is 9.16. The molecule has 4 rings (SSSR count). The zero-order chi connectivity index (χ0) is 19.5. The molecule has 2 aromatic carbocycles. The predicted molar refractivity (Wildman–Crippen MR) is 114 cm³/mol. The van der Waals surface area contributed by atoms with E-state index < -0.39 is 0 Å². The number of hydroxylamine groups is 1. The molecule has 0 N–H and O–H groups in total. The van der Waals surface area contributed by atoms with Gasteiger partial charge in [-0.25, -0.2) is 0 Å². The number of rotatable bonds is 2. The van der Waals surface area contributed by atoms with E-state index in [1.807, 2.05) is 6.92 Å². The number of anilines is 1. The Bertz CT molecular complexity index is 1130. The van der Waals surface area contributed by atoms with Crippen molar-refractivity contribution >= 4 is 39.3 Å². The standard InChI is InChI=1S/C22H26N4O/c1-13-9-17-18-10-16(11-21-15(3)23-26(7)27-21)8-14(2)22(18)25(6)20(17)12-19(13)24(4)5/h8-12H,1-7H3/b21-11+. The maximum absolute atomic E-state index is 5.66. The van der Waals surface area contributed by atoms with Crippen LogP contribution < -0.4 is 4.90 Å². The average molecular weight is 362 g/mol. The highest BCUT2D eigenvalue weighted by molar-refractivity contribution is 6.11. The van der Waals surface area contributed by atoms with Gasteiger partial charge in [-0.1, -0.05) is 0 Å². The number of hydrogen-bond donors (Lipinski definition) is 0. The SMILES string of the molecule is CC1=NN(C)O/C1=C/c1cc(C)c2c(c1)c1cc(C)c(N(C)C)cc1n2C. The Morgan fingerprint density at radius 2 is 1.70 bits per heavy atom. The summed E-state index contributed by atoms with van der Waals surface area (Å²) in [6.07, 6.45) is 2.06. The third-order valence-electron chi connectivity index (χ3n) is 5.28. The van der Waals surface area contributed by atoms with Crippen LogP contribution in [-0.4, -0.2) is 36.6 Å². The Labute approximate surface area is 160 Å². The Hall–Kier alpha value is -2.95. The molecular weight excluding hydrogens is 336 g/mol. The van der Waals surface area contributed by atoms with E-state index in [-0.39, 0.29) is 0 Å². The molecule has 140 valence electrons. The van der Waals surface area contributed by atoms with Gasteiger partial charge in [0.1, 0.15) is 5.71 Å². The molecule has 0 amide bonds. The van der Waals surface area contributed by atoms with Crippen molar-refractivity contribution in [3.8, 4) is 0 Å². The maximum Gasteiger partial charge on any atom is 0.180 e. The summed E-state index contributed by atoms with van der Waals surface area (Å²) in [5.41, 5.74) is 8.33. The van der Waals surface area contributed by atoms with Crippen LogP contribution in [0.5, 0.6) is 0 Å². The molecule has 0 fully saturated rings. The number of fused-ring (bicyclic) bond motifs is 3. The van der Waals surface area contributed by atoms with E-state index in [0.717, 1.165) is 17.0 Å². The fraction of sp³-hybridized carbons (Fsp3) is 0.318. The van der Waals surface area contributed by atoms with Gasteiger partial charge in [-0.2, -0.15) is 0 Å². The largest absolute Gasteiger partial charge is 0.377 e. The Morgan fingerprint density at radius 3 is 2.33 bits per heavy atom. The van der Waals surface area contributed by atoms with Crippen molar-refractivity contribution in [2.45, 2.75) is 20.8 Å². The normalized spacial score (nSPS) is 15.7. The van der Waals surface area contributed by atoms with Gasteiger partial charge in [0.25, 0.3) is 0 Å². The number of hydrazone groups is 1. The molecule has 1 aromatic heterocycles. The highest BCUT2D eigenvalue weighted by atomic mass is 16.7. The van der Waals surface area contributed by atoms with Gasteiger partial charge in [0.2, 0.25) is 0 Å². The van der Waals surface area contributed by atoms with Crippen molar-refractivity contribution in [2.24, 2.45) is 12.1 Å². The van der Waals surface area contributed by atoms with Crippen molar-refractivity contribution in [3.05, 3.63) is 46.7 Å². The van der Waals surface area contributed by atoms with Crippen LogP contribution >= 0.6 is 0 Å². The third kappa shape index (κ3) is 2.74. The van der Waals surface area contributed by atoms with Gasteiger partial charge in [0, 0.05) is 37.6 Å². The van der Waals surface area contributed by atoms with Crippen molar-refractivity contribution in [3.63, 3.8) is 0 Å². The molecule has 0 aliphatic carbocycles. The summed E-state index contributed by atoms with van der Waals surface area (Å²) < 4.78 is 2.30. The fourth-order valence-corrected chi connectivity index (χ4v) is 4.09. The van der Waals surface area contributed by atoms with Crippen molar-refractivity contribution in [1.82, 2.24) is 9.74 Å². The number of aryl methyl sites for hydroxylation is 3. The van der Waals surface area contributed by atoms with Crippen LogP contribution in [0.25, 0.3) is 27.9 Å². The molecule has 2 heterocycles. The summed E-state index contributed by atoms with van der Waals surface area (Å²) in [6, 6.07) is 9.05. The molecule has 5 nitrogen and oxygen atoms in total. The number of aromatic nitrogens is 1. The summed E-state index contributed by atoms with van der Waals surface area (Å²) >= 11 is 0. The molecule has 0 atom stereocenters. The predicted octanol–water partition coefficient (Wildman–Crippen LogP) is 4.61. The van der Waals surface area contributed by atoms with E-state index in [9.17, 15) is 0 Å². The Balaban J connectivity index is 1.97. The van der Waals surface area contributed by atoms with E-state index in [1.54, 1.807) is 7.05 Å². The molecule has 0 spiro atoms. The number of nitrogens with zero attached hydrogens (tertiary/aromatic N) is 4. The van der Waals surface area contributed by atoms with Gasteiger partial charge < -0.3 is 14.3 Å². The lowest BCUT2D eigenvalue weighted by atomic mass is 10.0. The summed E-state index contributed by atoms with van der Waals surface area (Å²) in [6.45, 7) is 6.31. The quantitative estimate of drug-likeness (QED) is 0.667. The second-order valence-corrected chi connectivity index (χ2v) is 7.59. The van der Waals surface area contributed by atoms with E-state index in [0.29, 0.717) is 0 Å². The zero-order valence-corrected chi connectivity index (χ0v) is 17.1. The van der Waals surface area contributed by atoms with Crippen LogP contribution in [0.3, 0.4) is 0 Å². The summed E-state index contributed by atoms with van der Waals surface area (Å²) in [5.74, 6) is 0.794. The second kappa shape index (κ2) is 6.05. The topological polar surface area (TPSA) is 33.0 Å². The van der Waals surface area contributed by atoms with Gasteiger partial charge in [0.15, 0.2) is 5.76 Å². The van der Waals surface area contributed by atoms with Crippen LogP contribution in [0.2, 0.25) is 0 Å². The van der Waals surface area contributed by atoms with Crippen molar-refractivity contribution in [2.75, 3.05) is 26.0 Å². The van der Waals surface area contributed by atoms with Crippen LogP contribution in [0, 0.1) is 13.8 Å². The number of allylic oxidation sites excluding steroid dienone is 1. The van der Waals surface area contributed by atoms with Gasteiger partial charge in [-0.3, -0.25) is 0 Å². The van der Waals surface area contributed by atoms with Gasteiger partial charge >= 0.3 is 0 Å². The van der Waals surface area contributed by atoms with E-state index in [2.05, 4.69) is 79.9 Å². The van der Waals surface area contributed by atoms with Crippen LogP contribution in [0.15, 0.2) is 35.1 Å². The van der Waals surface area contributed by atoms with Crippen LogP contribution in [-0.2, 0) is 11.9 Å². The van der Waals surface area contributed by atoms with Crippen molar-refractivity contribution in [1.29, 1.82) is 0 Å². The molecule has 1 aliphatic rings. The fourth-order valence-electron chi connectivity index (χ4n) is 4.09. The summed E-state index contributed by atoms with van der Waals surface area (Å²) in [5, 5.41) is 8.35. The molecule has 0 radical (unpaired) electrons. The molecule has 3 aromatic rings. The minimum atomic E-state index is 0.794. The molecule has 0 unspecified atom stereocenters. The number of benzene rings is 2. The van der Waals surface area contributed by atoms with Gasteiger partial charge in [-0.05, 0) is 67.8 Å². The average Bonchev–Trinajstić information content (AvgIpc) is 3.03. The first-order chi connectivity index (χ1) is 12.8. The summed E-state index contributed by atoms with van der Waals surface area (Å²) in [7, 11) is 8.13. The lowest BCUT2D eigenvalue weighted by Gasteiger charge is -2.16. The van der Waals surface area contributed by atoms with Crippen LogP contribution in [0.1, 0.15) is 23.6 Å². The molecule has 0 bridgehead atoms. The molecule has 27 heavy (non-hydrogen) atoms. The van der Waals surface area contributed by atoms with E-state index in [4.69, 9.17) is 4.84 Å². The minimum Gasteiger partial charge on any atom is -0.377 e. The second-order valence-electron chi connectivity index (χ2n) is 7.59. The number of hydrogen-bond acceptors (Lipinski definition) is 4. The third-order valence-corrected chi connectivity index (χ3v) is 5.28. The first-order valence-electron chi connectivity index (χ1n) is 9.16. The van der Waals surface area contributed by atoms with E-state index in [1.165, 1.54) is 43.8 Å². The Kier molecular flexibility index (Phi) is 3.91. The molecule has 1 aliphatic heterocycles. The van der Waals surface area contributed by atoms with E-state index >= 15 is 0 Å². The summed E-state index contributed by atoms with van der Waals surface area (Å²) in [4.78, 5) is 7.84. The highest BCUT2D eigenvalue weighted by Crippen LogP contribution is 2.35. The van der Waals surface area contributed by atoms with Crippen molar-refractivity contribution < 1.29 is 4.84 Å². The first kappa shape index (κ1) is 17.5. The van der Waals surface area contributed by atoms with Gasteiger partial charge in [0.05, 0.1) is 18.1 Å². The smallest absolute Gasteiger partial charge is 0.180 e. The minimum absolute atomic E-state index is 0.794. The molecular formula is C22H26N4O.